The average molecular weight is 281 g/mol. The molecule has 2 aromatic rings. The number of halogens is 1. The number of aromatic nitrogens is 2. The molecule has 0 fully saturated rings. The fourth-order valence-corrected chi connectivity index (χ4v) is 2.07. The van der Waals surface area contributed by atoms with Gasteiger partial charge in [-0.25, -0.2) is 0 Å². The maximum Gasteiger partial charge on any atom is 0.131 e. The molecule has 0 bridgehead atoms. The number of hydrogen-bond acceptors (Lipinski definition) is 3. The van der Waals surface area contributed by atoms with Crippen LogP contribution in [0, 0.1) is 6.92 Å². The third-order valence-corrected chi connectivity index (χ3v) is 3.47. The molecule has 0 aliphatic carbocycles. The number of benzene rings is 1. The van der Waals surface area contributed by atoms with Gasteiger partial charge in [-0.3, -0.25) is 4.68 Å². The van der Waals surface area contributed by atoms with Gasteiger partial charge in [0, 0.05) is 7.05 Å². The molecule has 0 amide bonds. The largest absolute Gasteiger partial charge is 0.487 e. The minimum absolute atomic E-state index is 0.347. The van der Waals surface area contributed by atoms with Crippen LogP contribution in [0.25, 0.3) is 0 Å². The van der Waals surface area contributed by atoms with Gasteiger partial charge < -0.3 is 9.84 Å². The van der Waals surface area contributed by atoms with Crippen LogP contribution >= 0.6 is 11.6 Å². The summed E-state index contributed by atoms with van der Waals surface area (Å²) in [5, 5.41) is 14.4. The van der Waals surface area contributed by atoms with Gasteiger partial charge in [0.25, 0.3) is 0 Å². The van der Waals surface area contributed by atoms with Crippen LogP contribution in [-0.4, -0.2) is 14.9 Å². The van der Waals surface area contributed by atoms with Gasteiger partial charge in [-0.2, -0.15) is 5.10 Å². The second kappa shape index (κ2) is 5.63. The Morgan fingerprint density at radius 3 is 2.79 bits per heavy atom. The first-order chi connectivity index (χ1) is 8.99. The van der Waals surface area contributed by atoms with E-state index in [1.807, 2.05) is 38.2 Å². The van der Waals surface area contributed by atoms with Gasteiger partial charge in [-0.1, -0.05) is 23.7 Å². The Bertz CT molecular complexity index is 579. The van der Waals surface area contributed by atoms with E-state index in [0.717, 1.165) is 17.0 Å². The normalized spacial score (nSPS) is 12.5. The van der Waals surface area contributed by atoms with E-state index in [-0.39, 0.29) is 0 Å². The zero-order valence-corrected chi connectivity index (χ0v) is 12.0. The lowest BCUT2D eigenvalue weighted by Gasteiger charge is -2.10. The molecule has 1 aromatic heterocycles. The molecule has 0 unspecified atom stereocenters. The number of aliphatic hydroxyl groups excluding tert-OH is 1. The minimum atomic E-state index is -0.508. The Balaban J connectivity index is 2.12. The van der Waals surface area contributed by atoms with Gasteiger partial charge in [0.1, 0.15) is 12.4 Å². The third kappa shape index (κ3) is 3.08. The van der Waals surface area contributed by atoms with Crippen molar-refractivity contribution in [1.29, 1.82) is 0 Å². The topological polar surface area (TPSA) is 47.3 Å². The number of nitrogens with zero attached hydrogens (tertiary/aromatic N) is 2. The van der Waals surface area contributed by atoms with E-state index in [1.165, 1.54) is 0 Å². The molecule has 5 heteroatoms. The first kappa shape index (κ1) is 13.9. The molecule has 0 saturated carbocycles. The predicted molar refractivity (Wildman–Crippen MR) is 74.4 cm³/mol. The van der Waals surface area contributed by atoms with Crippen LogP contribution < -0.4 is 4.74 Å². The summed E-state index contributed by atoms with van der Waals surface area (Å²) in [5.74, 6) is 0.702. The Labute approximate surface area is 117 Å². The Kier molecular flexibility index (Phi) is 4.12. The second-order valence-electron chi connectivity index (χ2n) is 4.51. The summed E-state index contributed by atoms with van der Waals surface area (Å²) >= 11 is 6.16. The molecule has 1 aromatic carbocycles. The Morgan fingerprint density at radius 1 is 1.47 bits per heavy atom. The summed E-state index contributed by atoms with van der Waals surface area (Å²) in [6, 6.07) is 7.39. The highest BCUT2D eigenvalue weighted by Crippen LogP contribution is 2.23. The monoisotopic (exact) mass is 280 g/mol. The lowest BCUT2D eigenvalue weighted by atomic mass is 10.1. The molecule has 1 atom stereocenters. The molecular formula is C14H17ClN2O2. The van der Waals surface area contributed by atoms with Gasteiger partial charge >= 0.3 is 0 Å². The van der Waals surface area contributed by atoms with Crippen LogP contribution in [0.1, 0.15) is 30.0 Å². The number of aryl methyl sites for hydroxylation is 2. The average Bonchev–Trinajstić information content (AvgIpc) is 2.61. The van der Waals surface area contributed by atoms with Crippen molar-refractivity contribution in [2.24, 2.45) is 7.05 Å². The summed E-state index contributed by atoms with van der Waals surface area (Å²) in [6.07, 6.45) is -0.508. The molecule has 4 nitrogen and oxygen atoms in total. The Hall–Kier alpha value is -1.52. The van der Waals surface area contributed by atoms with E-state index in [0.29, 0.717) is 17.4 Å². The van der Waals surface area contributed by atoms with Crippen LogP contribution in [0.3, 0.4) is 0 Å². The van der Waals surface area contributed by atoms with Crippen molar-refractivity contribution >= 4 is 11.6 Å². The standard InChI is InChI=1S/C14H17ClN2O2/c1-9-14(15)13(17(3)16-9)8-19-12-6-4-5-11(7-12)10(2)18/h4-7,10,18H,8H2,1-3H3/t10-/m0/s1. The van der Waals surface area contributed by atoms with Crippen LogP contribution in [0.2, 0.25) is 5.02 Å². The maximum absolute atomic E-state index is 9.53. The maximum atomic E-state index is 9.53. The number of ether oxygens (including phenoxy) is 1. The number of rotatable bonds is 4. The molecule has 0 aliphatic heterocycles. The SMILES string of the molecule is Cc1nn(C)c(COc2cccc([C@H](C)O)c2)c1Cl. The fraction of sp³-hybridized carbons (Fsp3) is 0.357. The van der Waals surface area contributed by atoms with Gasteiger partial charge in [0.15, 0.2) is 0 Å². The van der Waals surface area contributed by atoms with Crippen molar-refractivity contribution in [2.75, 3.05) is 0 Å². The van der Waals surface area contributed by atoms with E-state index in [9.17, 15) is 5.11 Å². The van der Waals surface area contributed by atoms with Crippen LogP contribution in [-0.2, 0) is 13.7 Å². The van der Waals surface area contributed by atoms with E-state index in [4.69, 9.17) is 16.3 Å². The van der Waals surface area contributed by atoms with Crippen molar-refractivity contribution in [2.45, 2.75) is 26.6 Å². The van der Waals surface area contributed by atoms with Crippen molar-refractivity contribution in [3.05, 3.63) is 46.2 Å². The molecule has 0 radical (unpaired) electrons. The molecule has 1 N–H and O–H groups in total. The van der Waals surface area contributed by atoms with E-state index in [1.54, 1.807) is 11.6 Å². The smallest absolute Gasteiger partial charge is 0.131 e. The van der Waals surface area contributed by atoms with Crippen molar-refractivity contribution < 1.29 is 9.84 Å². The van der Waals surface area contributed by atoms with Crippen molar-refractivity contribution in [1.82, 2.24) is 9.78 Å². The second-order valence-corrected chi connectivity index (χ2v) is 4.88. The third-order valence-electron chi connectivity index (χ3n) is 2.98. The van der Waals surface area contributed by atoms with E-state index >= 15 is 0 Å². The van der Waals surface area contributed by atoms with Gasteiger partial charge in [0.05, 0.1) is 22.5 Å². The van der Waals surface area contributed by atoms with Crippen LogP contribution in [0.4, 0.5) is 0 Å². The molecule has 19 heavy (non-hydrogen) atoms. The first-order valence-corrected chi connectivity index (χ1v) is 6.45. The highest BCUT2D eigenvalue weighted by molar-refractivity contribution is 6.31. The Morgan fingerprint density at radius 2 is 2.21 bits per heavy atom. The zero-order chi connectivity index (χ0) is 14.0. The predicted octanol–water partition coefficient (Wildman–Crippen LogP) is 3.01. The van der Waals surface area contributed by atoms with Gasteiger partial charge in [-0.15, -0.1) is 0 Å². The fourth-order valence-electron chi connectivity index (χ4n) is 1.85. The first-order valence-electron chi connectivity index (χ1n) is 6.08. The molecule has 0 spiro atoms. The van der Waals surface area contributed by atoms with Crippen molar-refractivity contribution in [3.8, 4) is 5.75 Å². The molecule has 102 valence electrons. The zero-order valence-electron chi connectivity index (χ0n) is 11.2. The van der Waals surface area contributed by atoms with E-state index < -0.39 is 6.10 Å². The molecule has 2 rings (SSSR count). The highest BCUT2D eigenvalue weighted by Gasteiger charge is 2.11. The number of aliphatic hydroxyl groups is 1. The highest BCUT2D eigenvalue weighted by atomic mass is 35.5. The number of hydrogen-bond donors (Lipinski definition) is 1. The van der Waals surface area contributed by atoms with Crippen LogP contribution in [0.15, 0.2) is 24.3 Å². The molecular weight excluding hydrogens is 264 g/mol. The lowest BCUT2D eigenvalue weighted by molar-refractivity contribution is 0.198. The van der Waals surface area contributed by atoms with Crippen molar-refractivity contribution in [3.63, 3.8) is 0 Å². The van der Waals surface area contributed by atoms with Crippen LogP contribution in [0.5, 0.6) is 5.75 Å². The summed E-state index contributed by atoms with van der Waals surface area (Å²) in [4.78, 5) is 0. The molecule has 0 aliphatic rings. The summed E-state index contributed by atoms with van der Waals surface area (Å²) < 4.78 is 7.42. The summed E-state index contributed by atoms with van der Waals surface area (Å²) in [5.41, 5.74) is 2.45. The lowest BCUT2D eigenvalue weighted by Crippen LogP contribution is -2.04. The minimum Gasteiger partial charge on any atom is -0.487 e. The van der Waals surface area contributed by atoms with E-state index in [2.05, 4.69) is 5.10 Å². The molecule has 0 saturated heterocycles. The molecule has 1 heterocycles. The van der Waals surface area contributed by atoms with Gasteiger partial charge in [-0.05, 0) is 31.5 Å². The summed E-state index contributed by atoms with van der Waals surface area (Å²) in [6.45, 7) is 3.93. The van der Waals surface area contributed by atoms with Gasteiger partial charge in [0.2, 0.25) is 0 Å². The quantitative estimate of drug-likeness (QED) is 0.936. The summed E-state index contributed by atoms with van der Waals surface area (Å²) in [7, 11) is 1.84.